The fourth-order valence-electron chi connectivity index (χ4n) is 2.12. The third-order valence-electron chi connectivity index (χ3n) is 3.21. The van der Waals surface area contributed by atoms with Crippen LogP contribution in [0.1, 0.15) is 5.56 Å². The molecule has 106 valence electrons. The maximum atomic E-state index is 6.07. The van der Waals surface area contributed by atoms with Crippen molar-refractivity contribution in [2.24, 2.45) is 0 Å². The predicted molar refractivity (Wildman–Crippen MR) is 90.3 cm³/mol. The molecular formula is C16H13BrClN3. The molecule has 0 fully saturated rings. The Kier molecular flexibility index (Phi) is 3.99. The van der Waals surface area contributed by atoms with Crippen LogP contribution in [0.25, 0.3) is 11.3 Å². The molecule has 5 heteroatoms. The Hall–Kier alpha value is -1.78. The van der Waals surface area contributed by atoms with Crippen LogP contribution in [0, 0.1) is 0 Å². The third-order valence-corrected chi connectivity index (χ3v) is 4.15. The molecule has 0 amide bonds. The van der Waals surface area contributed by atoms with Crippen LogP contribution in [0.15, 0.2) is 59.1 Å². The molecular weight excluding hydrogens is 350 g/mol. The minimum atomic E-state index is 0.619. The van der Waals surface area contributed by atoms with E-state index >= 15 is 0 Å². The van der Waals surface area contributed by atoms with Gasteiger partial charge in [-0.3, -0.25) is 0 Å². The Balaban J connectivity index is 1.91. The minimum Gasteiger partial charge on any atom is -0.384 e. The first-order chi connectivity index (χ1) is 10.1. The van der Waals surface area contributed by atoms with Crippen LogP contribution in [0.4, 0.5) is 5.82 Å². The van der Waals surface area contributed by atoms with Gasteiger partial charge >= 0.3 is 0 Å². The average molecular weight is 363 g/mol. The van der Waals surface area contributed by atoms with Crippen molar-refractivity contribution in [3.63, 3.8) is 0 Å². The number of rotatable bonds is 3. The predicted octanol–water partition coefficient (Wildman–Crippen LogP) is 4.60. The number of nitrogen functional groups attached to an aromatic ring is 1. The first kappa shape index (κ1) is 14.2. The second kappa shape index (κ2) is 5.92. The Morgan fingerprint density at radius 3 is 2.52 bits per heavy atom. The van der Waals surface area contributed by atoms with Gasteiger partial charge in [0.05, 0.1) is 12.2 Å². The molecule has 3 nitrogen and oxygen atoms in total. The van der Waals surface area contributed by atoms with Crippen molar-refractivity contribution in [2.75, 3.05) is 5.73 Å². The van der Waals surface area contributed by atoms with Crippen molar-refractivity contribution in [1.82, 2.24) is 9.78 Å². The Morgan fingerprint density at radius 2 is 1.81 bits per heavy atom. The number of benzene rings is 2. The molecule has 0 radical (unpaired) electrons. The minimum absolute atomic E-state index is 0.619. The van der Waals surface area contributed by atoms with Gasteiger partial charge in [-0.05, 0) is 23.8 Å². The van der Waals surface area contributed by atoms with Crippen molar-refractivity contribution < 1.29 is 0 Å². The lowest BCUT2D eigenvalue weighted by Crippen LogP contribution is -2.05. The summed E-state index contributed by atoms with van der Waals surface area (Å²) < 4.78 is 2.79. The number of hydrogen-bond acceptors (Lipinski definition) is 2. The maximum Gasteiger partial charge on any atom is 0.122 e. The van der Waals surface area contributed by atoms with E-state index in [1.54, 1.807) is 4.68 Å². The standard InChI is InChI=1S/C16H13BrClN3/c17-14-4-2-1-3-13(14)15-9-16(19)21(20-15)10-11-5-7-12(18)8-6-11/h1-9H,10,19H2. The normalized spacial score (nSPS) is 10.8. The van der Waals surface area contributed by atoms with Gasteiger partial charge in [-0.15, -0.1) is 0 Å². The summed E-state index contributed by atoms with van der Waals surface area (Å²) in [5.74, 6) is 0.635. The average Bonchev–Trinajstić information content (AvgIpc) is 2.83. The molecule has 0 saturated heterocycles. The van der Waals surface area contributed by atoms with Crippen LogP contribution in [-0.2, 0) is 6.54 Å². The van der Waals surface area contributed by atoms with E-state index in [1.165, 1.54) is 0 Å². The monoisotopic (exact) mass is 361 g/mol. The van der Waals surface area contributed by atoms with Gasteiger partial charge in [-0.25, -0.2) is 4.68 Å². The van der Waals surface area contributed by atoms with Crippen molar-refractivity contribution in [2.45, 2.75) is 6.54 Å². The van der Waals surface area contributed by atoms with Crippen LogP contribution in [-0.4, -0.2) is 9.78 Å². The van der Waals surface area contributed by atoms with Crippen LogP contribution in [0.3, 0.4) is 0 Å². The van der Waals surface area contributed by atoms with Crippen molar-refractivity contribution >= 4 is 33.3 Å². The van der Waals surface area contributed by atoms with E-state index in [2.05, 4.69) is 21.0 Å². The highest BCUT2D eigenvalue weighted by Gasteiger charge is 2.10. The SMILES string of the molecule is Nc1cc(-c2ccccc2Br)nn1Cc1ccc(Cl)cc1. The van der Waals surface area contributed by atoms with Gasteiger partial charge in [-0.1, -0.05) is 57.9 Å². The van der Waals surface area contributed by atoms with Gasteiger partial charge < -0.3 is 5.73 Å². The topological polar surface area (TPSA) is 43.8 Å². The Bertz CT molecular complexity index is 765. The van der Waals surface area contributed by atoms with Crippen LogP contribution >= 0.6 is 27.5 Å². The maximum absolute atomic E-state index is 6.07. The summed E-state index contributed by atoms with van der Waals surface area (Å²) in [6.45, 7) is 0.619. The van der Waals surface area contributed by atoms with E-state index in [0.717, 1.165) is 26.3 Å². The van der Waals surface area contributed by atoms with E-state index in [9.17, 15) is 0 Å². The van der Waals surface area contributed by atoms with Crippen LogP contribution < -0.4 is 5.73 Å². The van der Waals surface area contributed by atoms with Gasteiger partial charge in [0.25, 0.3) is 0 Å². The van der Waals surface area contributed by atoms with Gasteiger partial charge in [0, 0.05) is 21.1 Å². The molecule has 1 heterocycles. The first-order valence-electron chi connectivity index (χ1n) is 6.46. The molecule has 0 spiro atoms. The summed E-state index contributed by atoms with van der Waals surface area (Å²) in [5.41, 5.74) is 9.05. The van der Waals surface area contributed by atoms with Crippen LogP contribution in [0.2, 0.25) is 5.02 Å². The fraction of sp³-hybridized carbons (Fsp3) is 0.0625. The van der Waals surface area contributed by atoms with Gasteiger partial charge in [-0.2, -0.15) is 5.10 Å². The summed E-state index contributed by atoms with van der Waals surface area (Å²) in [6, 6.07) is 17.5. The molecule has 0 aliphatic rings. The zero-order valence-electron chi connectivity index (χ0n) is 11.1. The van der Waals surface area contributed by atoms with Crippen molar-refractivity contribution in [1.29, 1.82) is 0 Å². The fourth-order valence-corrected chi connectivity index (χ4v) is 2.74. The Morgan fingerprint density at radius 1 is 1.10 bits per heavy atom. The van der Waals surface area contributed by atoms with E-state index in [1.807, 2.05) is 54.6 Å². The molecule has 1 aromatic heterocycles. The molecule has 3 aromatic rings. The summed E-state index contributed by atoms with van der Waals surface area (Å²) >= 11 is 9.43. The highest BCUT2D eigenvalue weighted by Crippen LogP contribution is 2.28. The summed E-state index contributed by atoms with van der Waals surface area (Å²) in [7, 11) is 0. The second-order valence-electron chi connectivity index (χ2n) is 4.72. The molecule has 0 unspecified atom stereocenters. The smallest absolute Gasteiger partial charge is 0.122 e. The van der Waals surface area contributed by atoms with E-state index < -0.39 is 0 Å². The van der Waals surface area contributed by atoms with Crippen molar-refractivity contribution in [3.8, 4) is 11.3 Å². The summed E-state index contributed by atoms with van der Waals surface area (Å²) in [4.78, 5) is 0. The lowest BCUT2D eigenvalue weighted by atomic mass is 10.1. The largest absolute Gasteiger partial charge is 0.384 e. The molecule has 0 bridgehead atoms. The summed E-state index contributed by atoms with van der Waals surface area (Å²) in [6.07, 6.45) is 0. The van der Waals surface area contributed by atoms with E-state index in [0.29, 0.717) is 12.4 Å². The number of hydrogen-bond donors (Lipinski definition) is 1. The lowest BCUT2D eigenvalue weighted by Gasteiger charge is -2.04. The van der Waals surface area contributed by atoms with E-state index in [4.69, 9.17) is 17.3 Å². The van der Waals surface area contributed by atoms with Gasteiger partial charge in [0.1, 0.15) is 5.82 Å². The highest BCUT2D eigenvalue weighted by molar-refractivity contribution is 9.10. The molecule has 0 saturated carbocycles. The van der Waals surface area contributed by atoms with E-state index in [-0.39, 0.29) is 0 Å². The molecule has 21 heavy (non-hydrogen) atoms. The molecule has 0 atom stereocenters. The number of anilines is 1. The number of halogens is 2. The molecule has 2 N–H and O–H groups in total. The molecule has 2 aromatic carbocycles. The summed E-state index contributed by atoms with van der Waals surface area (Å²) in [5, 5.41) is 5.31. The second-order valence-corrected chi connectivity index (χ2v) is 6.01. The van der Waals surface area contributed by atoms with Crippen LogP contribution in [0.5, 0.6) is 0 Å². The molecule has 3 rings (SSSR count). The van der Waals surface area contributed by atoms with Gasteiger partial charge in [0.15, 0.2) is 0 Å². The lowest BCUT2D eigenvalue weighted by molar-refractivity contribution is 0.700. The zero-order valence-corrected chi connectivity index (χ0v) is 13.5. The number of nitrogens with two attached hydrogens (primary N) is 1. The highest BCUT2D eigenvalue weighted by atomic mass is 79.9. The van der Waals surface area contributed by atoms with Gasteiger partial charge in [0.2, 0.25) is 0 Å². The quantitative estimate of drug-likeness (QED) is 0.740. The first-order valence-corrected chi connectivity index (χ1v) is 7.63. The van der Waals surface area contributed by atoms with Crippen molar-refractivity contribution in [3.05, 3.63) is 69.7 Å². The third kappa shape index (κ3) is 3.12. The number of nitrogens with zero attached hydrogens (tertiary/aromatic N) is 2. The zero-order chi connectivity index (χ0) is 14.8. The Labute approximate surface area is 136 Å². The molecule has 0 aliphatic carbocycles. The molecule has 0 aliphatic heterocycles. The number of aromatic nitrogens is 2.